The molecule has 2 aliphatic heterocycles. The lowest BCUT2D eigenvalue weighted by Gasteiger charge is -2.63. The summed E-state index contributed by atoms with van der Waals surface area (Å²) in [6.07, 6.45) is 9.14. The van der Waals surface area contributed by atoms with E-state index in [1.165, 1.54) is 44.2 Å². The summed E-state index contributed by atoms with van der Waals surface area (Å²) in [6, 6.07) is 12.3. The summed E-state index contributed by atoms with van der Waals surface area (Å²) < 4.78 is 5.01. The third-order valence-electron chi connectivity index (χ3n) is 6.93. The molecule has 1 atom stereocenters. The van der Waals surface area contributed by atoms with E-state index in [0.29, 0.717) is 17.5 Å². The highest BCUT2D eigenvalue weighted by Crippen LogP contribution is 2.58. The maximum atomic E-state index is 12.1. The van der Waals surface area contributed by atoms with Gasteiger partial charge in [0, 0.05) is 44.2 Å². The maximum absolute atomic E-state index is 12.1. The van der Waals surface area contributed by atoms with Crippen LogP contribution in [-0.2, 0) is 9.53 Å². The van der Waals surface area contributed by atoms with E-state index in [9.17, 15) is 4.79 Å². The standard InChI is InChI=1S/C22H32N2O2/c1-26-16-20(25)23-14-10-19(11-15-23)24-17-22(12-6-3-7-13-22)21(24)18-8-4-2-5-9-18/h2,4-5,8-9,19,21H,3,6-7,10-17H2,1H3. The number of carbonyl (C=O) groups is 1. The second kappa shape index (κ2) is 7.69. The van der Waals surface area contributed by atoms with Crippen molar-refractivity contribution in [3.05, 3.63) is 35.9 Å². The van der Waals surface area contributed by atoms with Crippen molar-refractivity contribution >= 4 is 5.91 Å². The minimum atomic E-state index is 0.137. The van der Waals surface area contributed by atoms with Crippen molar-refractivity contribution in [2.45, 2.75) is 57.0 Å². The van der Waals surface area contributed by atoms with Gasteiger partial charge in [-0.15, -0.1) is 0 Å². The molecular weight excluding hydrogens is 324 g/mol. The smallest absolute Gasteiger partial charge is 0.248 e. The molecule has 4 nitrogen and oxygen atoms in total. The number of carbonyl (C=O) groups excluding carboxylic acids is 1. The summed E-state index contributed by atoms with van der Waals surface area (Å²) >= 11 is 0. The number of likely N-dealkylation sites (tertiary alicyclic amines) is 2. The number of rotatable bonds is 4. The third-order valence-corrected chi connectivity index (χ3v) is 6.93. The molecule has 0 N–H and O–H groups in total. The van der Waals surface area contributed by atoms with Gasteiger partial charge < -0.3 is 9.64 Å². The van der Waals surface area contributed by atoms with Crippen LogP contribution in [0.3, 0.4) is 0 Å². The van der Waals surface area contributed by atoms with E-state index in [1.807, 2.05) is 4.90 Å². The highest BCUT2D eigenvalue weighted by Gasteiger charge is 2.54. The van der Waals surface area contributed by atoms with E-state index < -0.39 is 0 Å². The molecule has 3 aliphatic rings. The van der Waals surface area contributed by atoms with Crippen LogP contribution < -0.4 is 0 Å². The van der Waals surface area contributed by atoms with E-state index in [2.05, 4.69) is 35.2 Å². The first-order valence-electron chi connectivity index (χ1n) is 10.3. The Morgan fingerprint density at radius 1 is 1.12 bits per heavy atom. The van der Waals surface area contributed by atoms with E-state index in [1.54, 1.807) is 7.11 Å². The largest absolute Gasteiger partial charge is 0.375 e. The molecule has 1 aromatic carbocycles. The minimum absolute atomic E-state index is 0.137. The zero-order valence-corrected chi connectivity index (χ0v) is 16.0. The van der Waals surface area contributed by atoms with Gasteiger partial charge in [-0.3, -0.25) is 9.69 Å². The van der Waals surface area contributed by atoms with Gasteiger partial charge in [0.1, 0.15) is 6.61 Å². The summed E-state index contributed by atoms with van der Waals surface area (Å²) in [4.78, 5) is 16.8. The number of amides is 1. The first-order valence-corrected chi connectivity index (χ1v) is 10.3. The number of ether oxygens (including phenoxy) is 1. The summed E-state index contributed by atoms with van der Waals surface area (Å²) in [5.74, 6) is 0.137. The predicted octanol–water partition coefficient (Wildman–Crippen LogP) is 3.63. The molecule has 4 rings (SSSR count). The first kappa shape index (κ1) is 18.0. The zero-order chi connectivity index (χ0) is 18.0. The van der Waals surface area contributed by atoms with Crippen LogP contribution in [0.15, 0.2) is 30.3 Å². The van der Waals surface area contributed by atoms with Gasteiger partial charge in [-0.05, 0) is 31.2 Å². The van der Waals surface area contributed by atoms with E-state index in [-0.39, 0.29) is 12.5 Å². The van der Waals surface area contributed by atoms with Gasteiger partial charge in [-0.1, -0.05) is 49.6 Å². The second-order valence-electron chi connectivity index (χ2n) is 8.45. The minimum Gasteiger partial charge on any atom is -0.375 e. The molecule has 1 saturated carbocycles. The molecular formula is C22H32N2O2. The maximum Gasteiger partial charge on any atom is 0.248 e. The number of piperidine rings is 1. The van der Waals surface area contributed by atoms with Gasteiger partial charge in [0.25, 0.3) is 0 Å². The number of hydrogen-bond donors (Lipinski definition) is 0. The normalized spacial score (nSPS) is 26.7. The molecule has 1 unspecified atom stereocenters. The zero-order valence-electron chi connectivity index (χ0n) is 16.0. The molecule has 142 valence electrons. The van der Waals surface area contributed by atoms with Gasteiger partial charge >= 0.3 is 0 Å². The Morgan fingerprint density at radius 2 is 1.81 bits per heavy atom. The summed E-state index contributed by atoms with van der Waals surface area (Å²) in [5, 5.41) is 0. The molecule has 0 bridgehead atoms. The molecule has 0 radical (unpaired) electrons. The van der Waals surface area contributed by atoms with Crippen LogP contribution >= 0.6 is 0 Å². The van der Waals surface area contributed by atoms with Crippen molar-refractivity contribution in [3.63, 3.8) is 0 Å². The number of nitrogens with zero attached hydrogens (tertiary/aromatic N) is 2. The average Bonchev–Trinajstić information content (AvgIpc) is 2.68. The SMILES string of the molecule is COCC(=O)N1CCC(N2CC3(CCCCC3)C2c2ccccc2)CC1. The Labute approximate surface area is 157 Å². The Hall–Kier alpha value is -1.39. The van der Waals surface area contributed by atoms with Crippen molar-refractivity contribution in [2.75, 3.05) is 33.4 Å². The fraction of sp³-hybridized carbons (Fsp3) is 0.682. The molecule has 4 heteroatoms. The topological polar surface area (TPSA) is 32.8 Å². The van der Waals surface area contributed by atoms with Crippen molar-refractivity contribution in [2.24, 2.45) is 5.41 Å². The molecule has 1 amide bonds. The number of benzene rings is 1. The van der Waals surface area contributed by atoms with Crippen LogP contribution in [0.5, 0.6) is 0 Å². The second-order valence-corrected chi connectivity index (χ2v) is 8.45. The van der Waals surface area contributed by atoms with E-state index in [0.717, 1.165) is 25.9 Å². The number of methoxy groups -OCH3 is 1. The van der Waals surface area contributed by atoms with Crippen LogP contribution in [0.25, 0.3) is 0 Å². The van der Waals surface area contributed by atoms with Crippen molar-refractivity contribution in [3.8, 4) is 0 Å². The fourth-order valence-corrected chi connectivity index (χ4v) is 5.65. The van der Waals surface area contributed by atoms with Gasteiger partial charge in [0.05, 0.1) is 0 Å². The average molecular weight is 357 g/mol. The fourth-order valence-electron chi connectivity index (χ4n) is 5.65. The van der Waals surface area contributed by atoms with Gasteiger partial charge in [-0.2, -0.15) is 0 Å². The summed E-state index contributed by atoms with van der Waals surface area (Å²) in [7, 11) is 1.60. The summed E-state index contributed by atoms with van der Waals surface area (Å²) in [5.41, 5.74) is 2.00. The monoisotopic (exact) mass is 356 g/mol. The molecule has 1 spiro atoms. The Kier molecular flexibility index (Phi) is 5.32. The van der Waals surface area contributed by atoms with Crippen molar-refractivity contribution in [1.82, 2.24) is 9.80 Å². The molecule has 26 heavy (non-hydrogen) atoms. The quantitative estimate of drug-likeness (QED) is 0.826. The summed E-state index contributed by atoms with van der Waals surface area (Å²) in [6.45, 7) is 3.21. The van der Waals surface area contributed by atoms with Gasteiger partial charge in [0.15, 0.2) is 0 Å². The van der Waals surface area contributed by atoms with Crippen LogP contribution in [0, 0.1) is 5.41 Å². The van der Waals surface area contributed by atoms with Crippen LogP contribution in [-0.4, -0.2) is 55.1 Å². The Bertz CT molecular complexity index is 604. The van der Waals surface area contributed by atoms with Crippen LogP contribution in [0.4, 0.5) is 0 Å². The molecule has 1 aliphatic carbocycles. The molecule has 2 heterocycles. The lowest BCUT2D eigenvalue weighted by Crippen LogP contribution is -2.64. The highest BCUT2D eigenvalue weighted by atomic mass is 16.5. The van der Waals surface area contributed by atoms with Crippen LogP contribution in [0.2, 0.25) is 0 Å². The van der Waals surface area contributed by atoms with Crippen molar-refractivity contribution in [1.29, 1.82) is 0 Å². The molecule has 3 fully saturated rings. The Balaban J connectivity index is 1.46. The highest BCUT2D eigenvalue weighted by molar-refractivity contribution is 5.77. The molecule has 2 saturated heterocycles. The third kappa shape index (κ3) is 3.29. The van der Waals surface area contributed by atoms with Gasteiger partial charge in [0.2, 0.25) is 5.91 Å². The lowest BCUT2D eigenvalue weighted by atomic mass is 9.60. The van der Waals surface area contributed by atoms with E-state index in [4.69, 9.17) is 4.74 Å². The molecule has 1 aromatic rings. The van der Waals surface area contributed by atoms with Gasteiger partial charge in [-0.25, -0.2) is 0 Å². The Morgan fingerprint density at radius 3 is 2.46 bits per heavy atom. The first-order chi connectivity index (χ1) is 12.7. The number of hydrogen-bond acceptors (Lipinski definition) is 3. The van der Waals surface area contributed by atoms with E-state index >= 15 is 0 Å². The predicted molar refractivity (Wildman–Crippen MR) is 103 cm³/mol. The van der Waals surface area contributed by atoms with Crippen LogP contribution in [0.1, 0.15) is 56.6 Å². The lowest BCUT2D eigenvalue weighted by molar-refractivity contribution is -0.146. The van der Waals surface area contributed by atoms with Crippen molar-refractivity contribution < 1.29 is 9.53 Å². The molecule has 0 aromatic heterocycles.